The van der Waals surface area contributed by atoms with E-state index in [1.807, 2.05) is 0 Å². The molecule has 140 valence electrons. The van der Waals surface area contributed by atoms with Crippen LogP contribution in [-0.4, -0.2) is 37.2 Å². The van der Waals surface area contributed by atoms with Gasteiger partial charge in [0.25, 0.3) is 0 Å². The first-order valence-corrected chi connectivity index (χ1v) is 9.62. The summed E-state index contributed by atoms with van der Waals surface area (Å²) in [6.07, 6.45) is 2.64. The van der Waals surface area contributed by atoms with Crippen LogP contribution in [0.4, 0.5) is 4.39 Å². The molecular weight excluding hydrogens is 404 g/mol. The Bertz CT molecular complexity index is 910. The molecule has 1 aromatic heterocycles. The van der Waals surface area contributed by atoms with Gasteiger partial charge in [-0.3, -0.25) is 9.78 Å². The molecule has 0 bridgehead atoms. The lowest BCUT2D eigenvalue weighted by molar-refractivity contribution is -0.121. The molecule has 0 aliphatic rings. The molecule has 1 atom stereocenters. The predicted octanol–water partition coefficient (Wildman–Crippen LogP) is 3.03. The van der Waals surface area contributed by atoms with Crippen molar-refractivity contribution in [1.29, 1.82) is 0 Å². The zero-order chi connectivity index (χ0) is 19.5. The van der Waals surface area contributed by atoms with Crippen LogP contribution in [0.15, 0.2) is 41.6 Å². The number of likely N-dealkylation sites (N-methyl/N-ethyl adjacent to an activating group) is 1. The molecule has 0 saturated carbocycles. The number of benzene rings is 1. The van der Waals surface area contributed by atoms with Crippen molar-refractivity contribution in [1.82, 2.24) is 14.6 Å². The number of hydrogen-bond donors (Lipinski definition) is 1. The summed E-state index contributed by atoms with van der Waals surface area (Å²) in [6.45, 7) is 1.18. The van der Waals surface area contributed by atoms with Gasteiger partial charge in [0, 0.05) is 24.5 Å². The van der Waals surface area contributed by atoms with Crippen LogP contribution in [0, 0.1) is 5.82 Å². The lowest BCUT2D eigenvalue weighted by Gasteiger charge is -2.20. The van der Waals surface area contributed by atoms with Crippen molar-refractivity contribution in [2.24, 2.45) is 0 Å². The molecule has 26 heavy (non-hydrogen) atoms. The Kier molecular flexibility index (Phi) is 6.57. The van der Waals surface area contributed by atoms with Crippen molar-refractivity contribution in [2.45, 2.75) is 17.9 Å². The molecule has 2 aromatic rings. The quantitative estimate of drug-likeness (QED) is 0.729. The van der Waals surface area contributed by atoms with Gasteiger partial charge in [0.15, 0.2) is 0 Å². The van der Waals surface area contributed by atoms with Gasteiger partial charge in [0.2, 0.25) is 15.9 Å². The van der Waals surface area contributed by atoms with E-state index in [0.717, 1.165) is 10.4 Å². The highest BCUT2D eigenvalue weighted by Gasteiger charge is 2.24. The minimum absolute atomic E-state index is 0.0221. The normalized spacial score (nSPS) is 12.8. The van der Waals surface area contributed by atoms with E-state index in [4.69, 9.17) is 23.2 Å². The summed E-state index contributed by atoms with van der Waals surface area (Å²) >= 11 is 11.7. The number of hydrogen-bond acceptors (Lipinski definition) is 4. The number of pyridine rings is 1. The van der Waals surface area contributed by atoms with Gasteiger partial charge in [-0.1, -0.05) is 23.2 Å². The lowest BCUT2D eigenvalue weighted by Crippen LogP contribution is -2.39. The van der Waals surface area contributed by atoms with Gasteiger partial charge in [-0.25, -0.2) is 12.8 Å². The van der Waals surface area contributed by atoms with Crippen molar-refractivity contribution >= 4 is 39.1 Å². The van der Waals surface area contributed by atoms with Crippen LogP contribution in [0.5, 0.6) is 0 Å². The van der Waals surface area contributed by atoms with E-state index in [1.165, 1.54) is 37.6 Å². The summed E-state index contributed by atoms with van der Waals surface area (Å²) < 4.78 is 39.3. The Labute approximate surface area is 161 Å². The monoisotopic (exact) mass is 419 g/mol. The second kappa shape index (κ2) is 8.30. The topological polar surface area (TPSA) is 79.4 Å². The Morgan fingerprint density at radius 3 is 2.65 bits per heavy atom. The molecule has 0 fully saturated rings. The van der Waals surface area contributed by atoms with Gasteiger partial charge >= 0.3 is 0 Å². The Hall–Kier alpha value is -1.74. The number of aromatic nitrogens is 1. The molecule has 0 spiro atoms. The molecule has 10 heteroatoms. The number of carbonyl (C=O) groups excluding carboxylic acids is 1. The number of carbonyl (C=O) groups is 1. The van der Waals surface area contributed by atoms with E-state index < -0.39 is 34.3 Å². The SMILES string of the molecule is CC(NC(=O)CN(C)S(=O)(=O)c1cccnc1)c1cc(F)c(Cl)cc1Cl. The minimum Gasteiger partial charge on any atom is -0.348 e. The van der Waals surface area contributed by atoms with Crippen LogP contribution < -0.4 is 5.32 Å². The first kappa shape index (κ1) is 20.6. The number of sulfonamides is 1. The maximum absolute atomic E-state index is 13.6. The van der Waals surface area contributed by atoms with Crippen molar-refractivity contribution in [3.05, 3.63) is 58.1 Å². The average Bonchev–Trinajstić information content (AvgIpc) is 2.58. The molecule has 2 rings (SSSR count). The molecule has 1 aromatic carbocycles. The van der Waals surface area contributed by atoms with Crippen LogP contribution >= 0.6 is 23.2 Å². The number of amides is 1. The molecule has 0 aliphatic heterocycles. The second-order valence-corrected chi connectivity index (χ2v) is 8.39. The fourth-order valence-electron chi connectivity index (χ4n) is 2.20. The van der Waals surface area contributed by atoms with E-state index in [-0.39, 0.29) is 14.9 Å². The lowest BCUT2D eigenvalue weighted by atomic mass is 10.1. The van der Waals surface area contributed by atoms with Crippen molar-refractivity contribution in [3.8, 4) is 0 Å². The largest absolute Gasteiger partial charge is 0.348 e. The third-order valence-electron chi connectivity index (χ3n) is 3.59. The first-order chi connectivity index (χ1) is 12.1. The molecule has 0 aliphatic carbocycles. The summed E-state index contributed by atoms with van der Waals surface area (Å²) in [6, 6.07) is 4.60. The molecular formula is C16H16Cl2FN3O3S. The fourth-order valence-corrected chi connectivity index (χ4v) is 3.84. The standard InChI is InChI=1S/C16H16Cl2FN3O3S/c1-10(12-6-15(19)14(18)7-13(12)17)21-16(23)9-22(2)26(24,25)11-4-3-5-20-8-11/h3-8,10H,9H2,1-2H3,(H,21,23). The summed E-state index contributed by atoms with van der Waals surface area (Å²) in [5.41, 5.74) is 0.333. The van der Waals surface area contributed by atoms with Crippen LogP contribution in [0.1, 0.15) is 18.5 Å². The van der Waals surface area contributed by atoms with Gasteiger partial charge in [0.1, 0.15) is 10.7 Å². The van der Waals surface area contributed by atoms with Crippen LogP contribution in [-0.2, 0) is 14.8 Å². The molecule has 1 N–H and O–H groups in total. The van der Waals surface area contributed by atoms with E-state index >= 15 is 0 Å². The maximum atomic E-state index is 13.6. The first-order valence-electron chi connectivity index (χ1n) is 7.43. The van der Waals surface area contributed by atoms with Crippen LogP contribution in [0.2, 0.25) is 10.0 Å². The Morgan fingerprint density at radius 1 is 1.35 bits per heavy atom. The summed E-state index contributed by atoms with van der Waals surface area (Å²) in [5.74, 6) is -1.23. The van der Waals surface area contributed by atoms with Crippen LogP contribution in [0.3, 0.4) is 0 Å². The summed E-state index contributed by atoms with van der Waals surface area (Å²) in [7, 11) is -2.57. The highest BCUT2D eigenvalue weighted by Crippen LogP contribution is 2.28. The zero-order valence-electron chi connectivity index (χ0n) is 13.9. The fraction of sp³-hybridized carbons (Fsp3) is 0.250. The van der Waals surface area contributed by atoms with Gasteiger partial charge in [-0.15, -0.1) is 0 Å². The number of nitrogens with one attached hydrogen (secondary N) is 1. The molecule has 1 amide bonds. The number of nitrogens with zero attached hydrogens (tertiary/aromatic N) is 2. The van der Waals surface area contributed by atoms with Gasteiger partial charge in [-0.2, -0.15) is 4.31 Å². The average molecular weight is 420 g/mol. The van der Waals surface area contributed by atoms with Crippen molar-refractivity contribution < 1.29 is 17.6 Å². The third-order valence-corrected chi connectivity index (χ3v) is 6.00. The van der Waals surface area contributed by atoms with Gasteiger partial charge in [-0.05, 0) is 36.8 Å². The highest BCUT2D eigenvalue weighted by atomic mass is 35.5. The van der Waals surface area contributed by atoms with Crippen molar-refractivity contribution in [2.75, 3.05) is 13.6 Å². The zero-order valence-corrected chi connectivity index (χ0v) is 16.2. The van der Waals surface area contributed by atoms with Crippen LogP contribution in [0.25, 0.3) is 0 Å². The van der Waals surface area contributed by atoms with Gasteiger partial charge < -0.3 is 5.32 Å². The van der Waals surface area contributed by atoms with Gasteiger partial charge in [0.05, 0.1) is 17.6 Å². The number of halogens is 3. The molecule has 1 unspecified atom stereocenters. The van der Waals surface area contributed by atoms with E-state index in [9.17, 15) is 17.6 Å². The maximum Gasteiger partial charge on any atom is 0.244 e. The molecule has 6 nitrogen and oxygen atoms in total. The van der Waals surface area contributed by atoms with E-state index in [2.05, 4.69) is 10.3 Å². The number of rotatable bonds is 6. The van der Waals surface area contributed by atoms with E-state index in [0.29, 0.717) is 5.56 Å². The van der Waals surface area contributed by atoms with Crippen molar-refractivity contribution in [3.63, 3.8) is 0 Å². The molecule has 1 heterocycles. The Balaban J connectivity index is 2.08. The summed E-state index contributed by atoms with van der Waals surface area (Å²) in [4.78, 5) is 15.9. The van der Waals surface area contributed by atoms with E-state index in [1.54, 1.807) is 6.92 Å². The Morgan fingerprint density at radius 2 is 2.04 bits per heavy atom. The predicted molar refractivity (Wildman–Crippen MR) is 97.0 cm³/mol. The summed E-state index contributed by atoms with van der Waals surface area (Å²) in [5, 5.41) is 2.65. The second-order valence-electron chi connectivity index (χ2n) is 5.53. The molecule has 0 saturated heterocycles. The molecule has 0 radical (unpaired) electrons. The minimum atomic E-state index is -3.85. The highest BCUT2D eigenvalue weighted by molar-refractivity contribution is 7.89. The third kappa shape index (κ3) is 4.70. The smallest absolute Gasteiger partial charge is 0.244 e.